The van der Waals surface area contributed by atoms with Crippen LogP contribution in [0.4, 0.5) is 17.6 Å². The highest BCUT2D eigenvalue weighted by Gasteiger charge is 2.40. The maximum Gasteiger partial charge on any atom is 0.417 e. The molecule has 0 aliphatic carbocycles. The lowest BCUT2D eigenvalue weighted by Crippen LogP contribution is -2.42. The van der Waals surface area contributed by atoms with Crippen LogP contribution in [0.2, 0.25) is 0 Å². The van der Waals surface area contributed by atoms with Crippen LogP contribution >= 0.6 is 0 Å². The van der Waals surface area contributed by atoms with Gasteiger partial charge in [-0.25, -0.2) is 12.8 Å². The Bertz CT molecular complexity index is 971. The van der Waals surface area contributed by atoms with E-state index >= 15 is 0 Å². The van der Waals surface area contributed by atoms with Crippen molar-refractivity contribution in [1.29, 1.82) is 0 Å². The van der Waals surface area contributed by atoms with Gasteiger partial charge in [-0.05, 0) is 49.2 Å². The summed E-state index contributed by atoms with van der Waals surface area (Å²) < 4.78 is 79.4. The SMILES string of the molecule is O=C(c1ccc(F)cc1)[C@H]1CCCN(S(=O)(=O)c2ccccc2C(F)(F)F)C1. The van der Waals surface area contributed by atoms with Crippen LogP contribution in [0.1, 0.15) is 28.8 Å². The Morgan fingerprint density at radius 2 is 1.68 bits per heavy atom. The molecule has 150 valence electrons. The first-order valence-corrected chi connectivity index (χ1v) is 10.0. The lowest BCUT2D eigenvalue weighted by molar-refractivity contribution is -0.139. The molecule has 0 radical (unpaired) electrons. The van der Waals surface area contributed by atoms with Crippen LogP contribution in [0.15, 0.2) is 53.4 Å². The number of sulfonamides is 1. The molecule has 3 rings (SSSR count). The molecule has 0 bridgehead atoms. The number of carbonyl (C=O) groups excluding carboxylic acids is 1. The molecule has 28 heavy (non-hydrogen) atoms. The Morgan fingerprint density at radius 1 is 1.04 bits per heavy atom. The Hall–Kier alpha value is -2.26. The van der Waals surface area contributed by atoms with E-state index in [1.165, 1.54) is 18.2 Å². The van der Waals surface area contributed by atoms with Gasteiger partial charge in [0, 0.05) is 24.6 Å². The minimum atomic E-state index is -4.82. The van der Waals surface area contributed by atoms with Crippen molar-refractivity contribution in [2.75, 3.05) is 13.1 Å². The smallest absolute Gasteiger partial charge is 0.294 e. The zero-order chi connectivity index (χ0) is 20.5. The maximum atomic E-state index is 13.2. The van der Waals surface area contributed by atoms with Crippen molar-refractivity contribution in [2.24, 2.45) is 5.92 Å². The van der Waals surface area contributed by atoms with Crippen molar-refractivity contribution >= 4 is 15.8 Å². The van der Waals surface area contributed by atoms with Crippen LogP contribution in [-0.4, -0.2) is 31.6 Å². The summed E-state index contributed by atoms with van der Waals surface area (Å²) in [5.74, 6) is -1.57. The summed E-state index contributed by atoms with van der Waals surface area (Å²) in [7, 11) is -4.43. The van der Waals surface area contributed by atoms with Gasteiger partial charge in [0.2, 0.25) is 10.0 Å². The normalized spacial score (nSPS) is 18.8. The minimum absolute atomic E-state index is 0.0295. The summed E-state index contributed by atoms with van der Waals surface area (Å²) in [5, 5.41) is 0. The Kier molecular flexibility index (Phi) is 5.58. The molecule has 1 heterocycles. The van der Waals surface area contributed by atoms with Crippen molar-refractivity contribution in [3.05, 3.63) is 65.5 Å². The third-order valence-electron chi connectivity index (χ3n) is 4.69. The van der Waals surface area contributed by atoms with Crippen molar-refractivity contribution in [3.63, 3.8) is 0 Å². The van der Waals surface area contributed by atoms with E-state index in [4.69, 9.17) is 0 Å². The van der Waals surface area contributed by atoms with Crippen LogP contribution in [0.25, 0.3) is 0 Å². The average Bonchev–Trinajstić information content (AvgIpc) is 2.67. The largest absolute Gasteiger partial charge is 0.417 e. The van der Waals surface area contributed by atoms with Gasteiger partial charge >= 0.3 is 6.18 Å². The molecule has 0 aromatic heterocycles. The highest BCUT2D eigenvalue weighted by Crippen LogP contribution is 2.36. The summed E-state index contributed by atoms with van der Waals surface area (Å²) in [6.07, 6.45) is -4.07. The number of hydrogen-bond acceptors (Lipinski definition) is 3. The molecule has 0 amide bonds. The summed E-state index contributed by atoms with van der Waals surface area (Å²) in [5.41, 5.74) is -0.997. The molecule has 1 atom stereocenters. The second-order valence-corrected chi connectivity index (χ2v) is 8.47. The molecule has 1 aliphatic heterocycles. The van der Waals surface area contributed by atoms with E-state index in [9.17, 15) is 30.8 Å². The van der Waals surface area contributed by atoms with Gasteiger partial charge in [-0.2, -0.15) is 17.5 Å². The molecule has 2 aromatic carbocycles. The van der Waals surface area contributed by atoms with Crippen molar-refractivity contribution < 1.29 is 30.8 Å². The number of nitrogens with zero attached hydrogens (tertiary/aromatic N) is 1. The van der Waals surface area contributed by atoms with Gasteiger partial charge in [0.05, 0.1) is 10.5 Å². The standard InChI is InChI=1S/C19H17F4NO3S/c20-15-9-7-13(8-10-15)18(25)14-4-3-11-24(12-14)28(26,27)17-6-2-1-5-16(17)19(21,22)23/h1-2,5-10,14H,3-4,11-12H2/t14-/m0/s1. The number of carbonyl (C=O) groups is 1. The number of hydrogen-bond donors (Lipinski definition) is 0. The zero-order valence-corrected chi connectivity index (χ0v) is 15.4. The van der Waals surface area contributed by atoms with E-state index in [0.717, 1.165) is 34.6 Å². The quantitative estimate of drug-likeness (QED) is 0.558. The molecule has 0 N–H and O–H groups in total. The molecule has 1 saturated heterocycles. The molecule has 0 saturated carbocycles. The predicted octanol–water partition coefficient (Wildman–Crippen LogP) is 4.13. The molecular formula is C19H17F4NO3S. The molecule has 0 spiro atoms. The van der Waals surface area contributed by atoms with Crippen molar-refractivity contribution in [2.45, 2.75) is 23.9 Å². The molecule has 1 aliphatic rings. The summed E-state index contributed by atoms with van der Waals surface area (Å²) in [6, 6.07) is 8.87. The zero-order valence-electron chi connectivity index (χ0n) is 14.6. The first-order chi connectivity index (χ1) is 13.1. The van der Waals surface area contributed by atoms with Crippen molar-refractivity contribution in [3.8, 4) is 0 Å². The third kappa shape index (κ3) is 4.10. The Balaban J connectivity index is 1.88. The predicted molar refractivity (Wildman–Crippen MR) is 93.7 cm³/mol. The average molecular weight is 415 g/mol. The Morgan fingerprint density at radius 3 is 2.32 bits per heavy atom. The van der Waals surface area contributed by atoms with Gasteiger partial charge in [-0.1, -0.05) is 12.1 Å². The van der Waals surface area contributed by atoms with Gasteiger partial charge in [0.1, 0.15) is 5.82 Å². The van der Waals surface area contributed by atoms with Crippen LogP contribution in [-0.2, 0) is 16.2 Å². The minimum Gasteiger partial charge on any atom is -0.294 e. The number of rotatable bonds is 4. The van der Waals surface area contributed by atoms with Gasteiger partial charge in [-0.3, -0.25) is 4.79 Å². The van der Waals surface area contributed by atoms with E-state index < -0.39 is 38.4 Å². The van der Waals surface area contributed by atoms with E-state index in [2.05, 4.69) is 0 Å². The van der Waals surface area contributed by atoms with Gasteiger partial charge in [0.25, 0.3) is 0 Å². The van der Waals surface area contributed by atoms with Gasteiger partial charge in [-0.15, -0.1) is 0 Å². The van der Waals surface area contributed by atoms with Gasteiger partial charge < -0.3 is 0 Å². The highest BCUT2D eigenvalue weighted by molar-refractivity contribution is 7.89. The molecule has 4 nitrogen and oxygen atoms in total. The Labute approximate surface area is 159 Å². The van der Waals surface area contributed by atoms with Crippen molar-refractivity contribution in [1.82, 2.24) is 4.31 Å². The number of alkyl halides is 3. The van der Waals surface area contributed by atoms with Gasteiger partial charge in [0.15, 0.2) is 5.78 Å². The highest BCUT2D eigenvalue weighted by atomic mass is 32.2. The number of halogens is 4. The van der Waals surface area contributed by atoms with E-state index in [1.54, 1.807) is 0 Å². The second-order valence-electron chi connectivity index (χ2n) is 6.57. The topological polar surface area (TPSA) is 54.5 Å². The van der Waals surface area contributed by atoms with Crippen LogP contribution in [0.5, 0.6) is 0 Å². The van der Waals surface area contributed by atoms with E-state index in [1.807, 2.05) is 0 Å². The van der Waals surface area contributed by atoms with E-state index in [0.29, 0.717) is 12.8 Å². The number of ketones is 1. The number of Topliss-reactive ketones (excluding diaryl/α,β-unsaturated/α-hetero) is 1. The first-order valence-electron chi connectivity index (χ1n) is 8.57. The summed E-state index contributed by atoms with van der Waals surface area (Å²) >= 11 is 0. The lowest BCUT2D eigenvalue weighted by atomic mass is 9.91. The number of piperidine rings is 1. The molecular weight excluding hydrogens is 398 g/mol. The third-order valence-corrected chi connectivity index (χ3v) is 6.62. The maximum absolute atomic E-state index is 13.2. The lowest BCUT2D eigenvalue weighted by Gasteiger charge is -2.31. The van der Waals surface area contributed by atoms with Crippen LogP contribution in [0.3, 0.4) is 0 Å². The second kappa shape index (κ2) is 7.63. The summed E-state index contributed by atoms with van der Waals surface area (Å²) in [6.45, 7) is -0.188. The molecule has 2 aromatic rings. The number of benzene rings is 2. The van der Waals surface area contributed by atoms with Crippen LogP contribution in [0, 0.1) is 11.7 Å². The fourth-order valence-electron chi connectivity index (χ4n) is 3.29. The van der Waals surface area contributed by atoms with E-state index in [-0.39, 0.29) is 24.4 Å². The fraction of sp³-hybridized carbons (Fsp3) is 0.316. The van der Waals surface area contributed by atoms with Crippen LogP contribution < -0.4 is 0 Å². The first kappa shape index (κ1) is 20.5. The fourth-order valence-corrected chi connectivity index (χ4v) is 5.03. The molecule has 9 heteroatoms. The molecule has 0 unspecified atom stereocenters. The summed E-state index contributed by atoms with van der Waals surface area (Å²) in [4.78, 5) is 11.8. The monoisotopic (exact) mass is 415 g/mol. The molecule has 1 fully saturated rings.